The summed E-state index contributed by atoms with van der Waals surface area (Å²) in [4.78, 5) is 11.8. The van der Waals surface area contributed by atoms with Crippen molar-refractivity contribution in [1.82, 2.24) is 4.31 Å². The summed E-state index contributed by atoms with van der Waals surface area (Å²) in [6.45, 7) is 2.07. The van der Waals surface area contributed by atoms with Gasteiger partial charge < -0.3 is 5.11 Å². The van der Waals surface area contributed by atoms with Crippen molar-refractivity contribution in [2.45, 2.75) is 18.2 Å². The summed E-state index contributed by atoms with van der Waals surface area (Å²) in [6, 6.07) is 1.57. The van der Waals surface area contributed by atoms with E-state index in [2.05, 4.69) is 15.9 Å². The van der Waals surface area contributed by atoms with Crippen LogP contribution < -0.4 is 0 Å². The van der Waals surface area contributed by atoms with Gasteiger partial charge in [0.2, 0.25) is 10.0 Å². The molecule has 1 aromatic rings. The topological polar surface area (TPSA) is 74.7 Å². The molecule has 8 heteroatoms. The molecule has 0 bridgehead atoms. The zero-order chi connectivity index (χ0) is 13.5. The van der Waals surface area contributed by atoms with E-state index in [0.29, 0.717) is 11.3 Å². The largest absolute Gasteiger partial charge is 0.481 e. The van der Waals surface area contributed by atoms with Gasteiger partial charge in [0.25, 0.3) is 0 Å². The highest BCUT2D eigenvalue weighted by Crippen LogP contribution is 2.33. The lowest BCUT2D eigenvalue weighted by atomic mass is 10.1. The number of carboxylic acids is 1. The molecule has 0 saturated carbocycles. The molecule has 18 heavy (non-hydrogen) atoms. The van der Waals surface area contributed by atoms with Gasteiger partial charge in [0, 0.05) is 18.0 Å². The van der Waals surface area contributed by atoms with Gasteiger partial charge in [0.1, 0.15) is 0 Å². The third-order valence-corrected chi connectivity index (χ3v) is 6.63. The molecule has 100 valence electrons. The van der Waals surface area contributed by atoms with Crippen molar-refractivity contribution < 1.29 is 18.3 Å². The number of hydrogen-bond acceptors (Lipinski definition) is 4. The number of carboxylic acid groups (broad SMARTS) is 1. The number of rotatable bonds is 3. The van der Waals surface area contributed by atoms with Gasteiger partial charge >= 0.3 is 5.97 Å². The fourth-order valence-electron chi connectivity index (χ4n) is 1.97. The average molecular weight is 354 g/mol. The van der Waals surface area contributed by atoms with Crippen LogP contribution in [-0.2, 0) is 14.8 Å². The molecule has 0 unspecified atom stereocenters. The average Bonchev–Trinajstić information content (AvgIpc) is 2.85. The fraction of sp³-hybridized carbons (Fsp3) is 0.500. The lowest BCUT2D eigenvalue weighted by molar-refractivity contribution is -0.141. The first-order valence-electron chi connectivity index (χ1n) is 5.31. The third kappa shape index (κ3) is 2.47. The third-order valence-electron chi connectivity index (χ3n) is 2.96. The zero-order valence-electron chi connectivity index (χ0n) is 9.59. The van der Waals surface area contributed by atoms with Crippen LogP contribution in [0, 0.1) is 12.8 Å². The Bertz CT molecular complexity index is 581. The molecular weight excluding hydrogens is 342 g/mol. The number of thiophene rings is 1. The van der Waals surface area contributed by atoms with E-state index in [1.807, 2.05) is 0 Å². The van der Waals surface area contributed by atoms with Crippen molar-refractivity contribution in [2.75, 3.05) is 13.1 Å². The van der Waals surface area contributed by atoms with Crippen LogP contribution in [0.15, 0.2) is 14.7 Å². The van der Waals surface area contributed by atoms with Crippen molar-refractivity contribution >= 4 is 43.3 Å². The molecule has 2 rings (SSSR count). The van der Waals surface area contributed by atoms with Crippen LogP contribution >= 0.6 is 27.3 Å². The van der Waals surface area contributed by atoms with Crippen LogP contribution in [0.25, 0.3) is 0 Å². The molecule has 1 saturated heterocycles. The molecular formula is C10H12BrNO4S2. The summed E-state index contributed by atoms with van der Waals surface area (Å²) in [5.41, 5.74) is 0. The van der Waals surface area contributed by atoms with Crippen LogP contribution in [0.2, 0.25) is 0 Å². The van der Waals surface area contributed by atoms with Gasteiger partial charge in [-0.3, -0.25) is 4.79 Å². The molecule has 0 amide bonds. The Morgan fingerprint density at radius 2 is 2.28 bits per heavy atom. The molecule has 1 fully saturated rings. The fourth-order valence-corrected chi connectivity index (χ4v) is 5.86. The molecule has 1 aliphatic rings. The highest BCUT2D eigenvalue weighted by Gasteiger charge is 2.36. The minimum Gasteiger partial charge on any atom is -0.481 e. The maximum Gasteiger partial charge on any atom is 0.307 e. The molecule has 1 aromatic heterocycles. The maximum absolute atomic E-state index is 12.4. The number of nitrogens with zero attached hydrogens (tertiary/aromatic N) is 1. The highest BCUT2D eigenvalue weighted by atomic mass is 79.9. The number of aryl methyl sites for hydroxylation is 1. The van der Waals surface area contributed by atoms with Crippen molar-refractivity contribution in [2.24, 2.45) is 5.92 Å². The Balaban J connectivity index is 2.28. The smallest absolute Gasteiger partial charge is 0.307 e. The van der Waals surface area contributed by atoms with Gasteiger partial charge in [-0.25, -0.2) is 8.42 Å². The van der Waals surface area contributed by atoms with Crippen molar-refractivity contribution in [3.63, 3.8) is 0 Å². The zero-order valence-corrected chi connectivity index (χ0v) is 12.8. The molecule has 0 spiro atoms. The minimum absolute atomic E-state index is 0.0601. The van der Waals surface area contributed by atoms with Crippen LogP contribution in [-0.4, -0.2) is 36.9 Å². The van der Waals surface area contributed by atoms with Crippen LogP contribution in [0.1, 0.15) is 11.3 Å². The van der Waals surface area contributed by atoms with Crippen LogP contribution in [0.5, 0.6) is 0 Å². The second-order valence-electron chi connectivity index (χ2n) is 4.16. The van der Waals surface area contributed by atoms with Crippen molar-refractivity contribution in [1.29, 1.82) is 0 Å². The van der Waals surface area contributed by atoms with E-state index >= 15 is 0 Å². The predicted molar refractivity (Wildman–Crippen MR) is 71.3 cm³/mol. The van der Waals surface area contributed by atoms with Crippen molar-refractivity contribution in [3.8, 4) is 0 Å². The molecule has 0 aliphatic carbocycles. The summed E-state index contributed by atoms with van der Waals surface area (Å²) >= 11 is 4.62. The molecule has 2 heterocycles. The molecule has 5 nitrogen and oxygen atoms in total. The van der Waals surface area contributed by atoms with E-state index in [4.69, 9.17) is 5.11 Å². The standard InChI is InChI=1S/C10H12BrNO4S2/c1-6-8(4-9(11)17-6)18(15,16)12-3-2-7(5-12)10(13)14/h4,7H,2-3,5H2,1H3,(H,13,14)/t7-/m0/s1. The minimum atomic E-state index is -3.56. The maximum atomic E-state index is 12.4. The second-order valence-corrected chi connectivity index (χ2v) is 8.70. The molecule has 1 aliphatic heterocycles. The summed E-state index contributed by atoms with van der Waals surface area (Å²) in [5.74, 6) is -1.53. The Hall–Kier alpha value is -0.440. The number of halogens is 1. The molecule has 1 N–H and O–H groups in total. The number of hydrogen-bond donors (Lipinski definition) is 1. The van der Waals surface area contributed by atoms with E-state index in [-0.39, 0.29) is 18.0 Å². The summed E-state index contributed by atoms with van der Waals surface area (Å²) in [6.07, 6.45) is 0.374. The normalized spacial score (nSPS) is 21.3. The van der Waals surface area contributed by atoms with E-state index < -0.39 is 21.9 Å². The van der Waals surface area contributed by atoms with Crippen LogP contribution in [0.4, 0.5) is 0 Å². The Kier molecular flexibility index (Phi) is 3.82. The lowest BCUT2D eigenvalue weighted by Crippen LogP contribution is -2.30. The number of sulfonamides is 1. The quantitative estimate of drug-likeness (QED) is 0.900. The van der Waals surface area contributed by atoms with Gasteiger partial charge in [-0.1, -0.05) is 0 Å². The van der Waals surface area contributed by atoms with E-state index in [9.17, 15) is 13.2 Å². The first kappa shape index (κ1) is 14.0. The first-order valence-corrected chi connectivity index (χ1v) is 8.36. The SMILES string of the molecule is Cc1sc(Br)cc1S(=O)(=O)N1CC[C@H](C(=O)O)C1. The lowest BCUT2D eigenvalue weighted by Gasteiger charge is -2.15. The first-order chi connectivity index (χ1) is 8.32. The number of carbonyl (C=O) groups is 1. The second kappa shape index (κ2) is 4.92. The Morgan fingerprint density at radius 3 is 2.72 bits per heavy atom. The summed E-state index contributed by atoms with van der Waals surface area (Å²) in [5, 5.41) is 8.90. The van der Waals surface area contributed by atoms with Gasteiger partial charge in [0.05, 0.1) is 14.6 Å². The molecule has 0 aromatic carbocycles. The van der Waals surface area contributed by atoms with E-state index in [1.54, 1.807) is 13.0 Å². The summed E-state index contributed by atoms with van der Waals surface area (Å²) in [7, 11) is -3.56. The monoisotopic (exact) mass is 353 g/mol. The summed E-state index contributed by atoms with van der Waals surface area (Å²) < 4.78 is 26.7. The highest BCUT2D eigenvalue weighted by molar-refractivity contribution is 9.11. The molecule has 0 radical (unpaired) electrons. The van der Waals surface area contributed by atoms with Gasteiger partial charge in [0.15, 0.2) is 0 Å². The molecule has 1 atom stereocenters. The van der Waals surface area contributed by atoms with Gasteiger partial charge in [-0.05, 0) is 35.3 Å². The van der Waals surface area contributed by atoms with Crippen LogP contribution in [0.3, 0.4) is 0 Å². The number of aliphatic carboxylic acids is 1. The van der Waals surface area contributed by atoms with E-state index in [0.717, 1.165) is 3.79 Å². The Labute approximate surface area is 118 Å². The predicted octanol–water partition coefficient (Wildman–Crippen LogP) is 1.91. The van der Waals surface area contributed by atoms with Gasteiger partial charge in [-0.15, -0.1) is 11.3 Å². The van der Waals surface area contributed by atoms with Gasteiger partial charge in [-0.2, -0.15) is 4.31 Å². The van der Waals surface area contributed by atoms with E-state index in [1.165, 1.54) is 15.6 Å². The Morgan fingerprint density at radius 1 is 1.61 bits per heavy atom. The van der Waals surface area contributed by atoms with Crippen molar-refractivity contribution in [3.05, 3.63) is 14.7 Å².